The van der Waals surface area contributed by atoms with Crippen molar-refractivity contribution in [2.45, 2.75) is 39.0 Å². The lowest BCUT2D eigenvalue weighted by atomic mass is 9.64. The molecule has 0 aromatic heterocycles. The van der Waals surface area contributed by atoms with Crippen LogP contribution in [0.25, 0.3) is 10.8 Å². The second-order valence-electron chi connectivity index (χ2n) is 6.45. The van der Waals surface area contributed by atoms with Crippen LogP contribution in [0.1, 0.15) is 43.7 Å². The molecular weight excluding hydrogens is 276 g/mol. The smallest absolute Gasteiger partial charge is 0.309 e. The third-order valence-corrected chi connectivity index (χ3v) is 5.26. The van der Waals surface area contributed by atoms with Crippen molar-refractivity contribution >= 4 is 16.7 Å². The molecule has 3 heteroatoms. The molecule has 0 spiro atoms. The number of hydrogen-bond acceptors (Lipinski definition) is 2. The number of carboxylic acid groups (broad SMARTS) is 1. The summed E-state index contributed by atoms with van der Waals surface area (Å²) >= 11 is 0. The number of hydrogen-bond donors (Lipinski definition) is 1. The number of methoxy groups -OCH3 is 1. The molecular formula is C19H22O3. The van der Waals surface area contributed by atoms with E-state index in [9.17, 15) is 9.90 Å². The van der Waals surface area contributed by atoms with Crippen LogP contribution in [-0.2, 0) is 11.2 Å². The highest BCUT2D eigenvalue weighted by atomic mass is 16.5. The Hall–Kier alpha value is -2.03. The summed E-state index contributed by atoms with van der Waals surface area (Å²) in [6, 6.07) is 10.4. The standard InChI is InChI=1S/C19H22O3/c1-4-17-16-11-12-5-6-15(22-3)10-14(12)9-13(16)7-8-19(17,2)18(20)21/h5-6,9-11,17H,4,7-8H2,1-3H3,(H,20,21). The maximum Gasteiger partial charge on any atom is 0.309 e. The number of carboxylic acids is 1. The van der Waals surface area contributed by atoms with E-state index in [1.165, 1.54) is 11.1 Å². The van der Waals surface area contributed by atoms with Crippen molar-refractivity contribution in [3.05, 3.63) is 41.5 Å². The third-order valence-electron chi connectivity index (χ3n) is 5.26. The van der Waals surface area contributed by atoms with E-state index in [0.717, 1.165) is 29.4 Å². The molecule has 22 heavy (non-hydrogen) atoms. The fourth-order valence-corrected chi connectivity index (χ4v) is 3.85. The van der Waals surface area contributed by atoms with E-state index in [1.54, 1.807) is 7.11 Å². The summed E-state index contributed by atoms with van der Waals surface area (Å²) in [6.07, 6.45) is 2.36. The molecule has 0 amide bonds. The second kappa shape index (κ2) is 5.31. The molecule has 0 heterocycles. The predicted molar refractivity (Wildman–Crippen MR) is 87.6 cm³/mol. The van der Waals surface area contributed by atoms with E-state index in [4.69, 9.17) is 4.74 Å². The van der Waals surface area contributed by atoms with Gasteiger partial charge in [0.1, 0.15) is 5.75 Å². The maximum absolute atomic E-state index is 11.8. The number of aryl methyl sites for hydroxylation is 1. The fraction of sp³-hybridized carbons (Fsp3) is 0.421. The largest absolute Gasteiger partial charge is 0.497 e. The molecule has 0 aliphatic heterocycles. The minimum Gasteiger partial charge on any atom is -0.497 e. The molecule has 0 bridgehead atoms. The molecule has 0 radical (unpaired) electrons. The van der Waals surface area contributed by atoms with Gasteiger partial charge in [0.2, 0.25) is 0 Å². The Kier molecular flexibility index (Phi) is 3.59. The molecule has 2 atom stereocenters. The topological polar surface area (TPSA) is 46.5 Å². The van der Waals surface area contributed by atoms with E-state index in [2.05, 4.69) is 19.1 Å². The summed E-state index contributed by atoms with van der Waals surface area (Å²) in [5.74, 6) is 0.241. The normalized spacial score (nSPS) is 24.0. The molecule has 2 aromatic carbocycles. The van der Waals surface area contributed by atoms with Gasteiger partial charge in [-0.25, -0.2) is 0 Å². The summed E-state index contributed by atoms with van der Waals surface area (Å²) in [6.45, 7) is 3.98. The molecule has 1 N–H and O–H groups in total. The molecule has 1 aliphatic carbocycles. The number of fused-ring (bicyclic) bond motifs is 2. The van der Waals surface area contributed by atoms with Crippen molar-refractivity contribution in [2.24, 2.45) is 5.41 Å². The fourth-order valence-electron chi connectivity index (χ4n) is 3.85. The molecule has 116 valence electrons. The van der Waals surface area contributed by atoms with Gasteiger partial charge >= 0.3 is 5.97 Å². The lowest BCUT2D eigenvalue weighted by Gasteiger charge is -2.39. The van der Waals surface area contributed by atoms with Crippen LogP contribution in [-0.4, -0.2) is 18.2 Å². The van der Waals surface area contributed by atoms with Crippen LogP contribution in [0.15, 0.2) is 30.3 Å². The van der Waals surface area contributed by atoms with Crippen LogP contribution < -0.4 is 4.74 Å². The number of benzene rings is 2. The van der Waals surface area contributed by atoms with Crippen molar-refractivity contribution in [1.82, 2.24) is 0 Å². The molecule has 0 fully saturated rings. The first-order chi connectivity index (χ1) is 10.5. The molecule has 2 aromatic rings. The van der Waals surface area contributed by atoms with Gasteiger partial charge in [-0.1, -0.05) is 25.1 Å². The van der Waals surface area contributed by atoms with Gasteiger partial charge < -0.3 is 9.84 Å². The average Bonchev–Trinajstić information content (AvgIpc) is 2.52. The van der Waals surface area contributed by atoms with E-state index < -0.39 is 11.4 Å². The number of rotatable bonds is 3. The zero-order valence-electron chi connectivity index (χ0n) is 13.3. The maximum atomic E-state index is 11.8. The lowest BCUT2D eigenvalue weighted by molar-refractivity contribution is -0.150. The molecule has 3 rings (SSSR count). The van der Waals surface area contributed by atoms with Crippen LogP contribution in [0, 0.1) is 5.41 Å². The van der Waals surface area contributed by atoms with Gasteiger partial charge in [0.05, 0.1) is 12.5 Å². The second-order valence-corrected chi connectivity index (χ2v) is 6.45. The van der Waals surface area contributed by atoms with Gasteiger partial charge in [-0.05, 0) is 66.1 Å². The number of carbonyl (C=O) groups is 1. The van der Waals surface area contributed by atoms with Gasteiger partial charge in [-0.2, -0.15) is 0 Å². The van der Waals surface area contributed by atoms with Crippen molar-refractivity contribution < 1.29 is 14.6 Å². The first-order valence-corrected chi connectivity index (χ1v) is 7.83. The highest BCUT2D eigenvalue weighted by Gasteiger charge is 2.44. The number of ether oxygens (including phenoxy) is 1. The highest BCUT2D eigenvalue weighted by molar-refractivity contribution is 5.86. The number of aliphatic carboxylic acids is 1. The van der Waals surface area contributed by atoms with Crippen LogP contribution in [0.5, 0.6) is 5.75 Å². The van der Waals surface area contributed by atoms with E-state index in [0.29, 0.717) is 6.42 Å². The van der Waals surface area contributed by atoms with Gasteiger partial charge in [0.25, 0.3) is 0 Å². The zero-order valence-corrected chi connectivity index (χ0v) is 13.3. The summed E-state index contributed by atoms with van der Waals surface area (Å²) in [7, 11) is 1.67. The highest BCUT2D eigenvalue weighted by Crippen LogP contribution is 2.48. The molecule has 0 saturated heterocycles. The molecule has 3 nitrogen and oxygen atoms in total. The van der Waals surface area contributed by atoms with Gasteiger partial charge in [0, 0.05) is 0 Å². The minimum absolute atomic E-state index is 0.0697. The summed E-state index contributed by atoms with van der Waals surface area (Å²) in [5.41, 5.74) is 1.82. The van der Waals surface area contributed by atoms with Gasteiger partial charge in [-0.15, -0.1) is 0 Å². The first-order valence-electron chi connectivity index (χ1n) is 7.83. The Bertz CT molecular complexity index is 735. The van der Waals surface area contributed by atoms with Crippen LogP contribution >= 0.6 is 0 Å². The van der Waals surface area contributed by atoms with Crippen molar-refractivity contribution in [3.63, 3.8) is 0 Å². The van der Waals surface area contributed by atoms with Gasteiger partial charge in [-0.3, -0.25) is 4.79 Å². The SMILES string of the molecule is CCC1c2cc3ccc(OC)cc3cc2CCC1(C)C(=O)O. The quantitative estimate of drug-likeness (QED) is 0.914. The van der Waals surface area contributed by atoms with Crippen LogP contribution in [0.4, 0.5) is 0 Å². The Morgan fingerprint density at radius 1 is 1.32 bits per heavy atom. The summed E-state index contributed by atoms with van der Waals surface area (Å²) < 4.78 is 5.30. The molecule has 2 unspecified atom stereocenters. The zero-order chi connectivity index (χ0) is 15.9. The Labute approximate surface area is 130 Å². The lowest BCUT2D eigenvalue weighted by Crippen LogP contribution is -2.38. The summed E-state index contributed by atoms with van der Waals surface area (Å²) in [5, 5.41) is 12.0. The van der Waals surface area contributed by atoms with E-state index in [-0.39, 0.29) is 5.92 Å². The van der Waals surface area contributed by atoms with E-state index in [1.807, 2.05) is 25.1 Å². The molecule has 0 saturated carbocycles. The Morgan fingerprint density at radius 3 is 2.73 bits per heavy atom. The molecule has 1 aliphatic rings. The predicted octanol–water partition coefficient (Wildman–Crippen LogP) is 4.38. The Balaban J connectivity index is 2.17. The Morgan fingerprint density at radius 2 is 2.09 bits per heavy atom. The van der Waals surface area contributed by atoms with Crippen LogP contribution in [0.2, 0.25) is 0 Å². The first kappa shape index (κ1) is 14.9. The van der Waals surface area contributed by atoms with Gasteiger partial charge in [0.15, 0.2) is 0 Å². The van der Waals surface area contributed by atoms with Crippen molar-refractivity contribution in [1.29, 1.82) is 0 Å². The van der Waals surface area contributed by atoms with Crippen molar-refractivity contribution in [3.8, 4) is 5.75 Å². The van der Waals surface area contributed by atoms with E-state index >= 15 is 0 Å². The van der Waals surface area contributed by atoms with Crippen molar-refractivity contribution in [2.75, 3.05) is 7.11 Å². The average molecular weight is 298 g/mol. The minimum atomic E-state index is -0.681. The monoisotopic (exact) mass is 298 g/mol. The third kappa shape index (κ3) is 2.16. The van der Waals surface area contributed by atoms with Crippen LogP contribution in [0.3, 0.4) is 0 Å². The summed E-state index contributed by atoms with van der Waals surface area (Å²) in [4.78, 5) is 11.8.